The number of carbonyl (C=O) groups excluding carboxylic acids is 2. The van der Waals surface area contributed by atoms with E-state index in [9.17, 15) is 28.3 Å². The number of nitrogens with one attached hydrogen (secondary N) is 1. The SMILES string of the molecule is CC(C)(C)OC(=O)N1CC[C@H](NC(=O)c2nnc(-c3ccc(F)cc3F)s2)[C@@H](C(=O)O)C1. The molecule has 2 N–H and O–H groups in total. The third-order valence-corrected chi connectivity index (χ3v) is 5.63. The second-order valence-electron chi connectivity index (χ2n) is 8.28. The second kappa shape index (κ2) is 9.15. The van der Waals surface area contributed by atoms with E-state index in [0.717, 1.165) is 17.4 Å². The van der Waals surface area contributed by atoms with Gasteiger partial charge in [0.05, 0.1) is 5.92 Å². The minimum atomic E-state index is -1.17. The maximum Gasteiger partial charge on any atom is 0.410 e. The Bertz CT molecular complexity index is 1040. The summed E-state index contributed by atoms with van der Waals surface area (Å²) in [6, 6.07) is 2.20. The van der Waals surface area contributed by atoms with Crippen molar-refractivity contribution in [3.63, 3.8) is 0 Å². The summed E-state index contributed by atoms with van der Waals surface area (Å²) in [5.74, 6) is -4.48. The van der Waals surface area contributed by atoms with Gasteiger partial charge in [-0.2, -0.15) is 0 Å². The van der Waals surface area contributed by atoms with Crippen molar-refractivity contribution in [2.45, 2.75) is 38.8 Å². The predicted molar refractivity (Wildman–Crippen MR) is 110 cm³/mol. The van der Waals surface area contributed by atoms with Crippen LogP contribution in [0.4, 0.5) is 13.6 Å². The van der Waals surface area contributed by atoms with Gasteiger partial charge in [-0.15, -0.1) is 10.2 Å². The quantitative estimate of drug-likeness (QED) is 0.708. The van der Waals surface area contributed by atoms with Crippen LogP contribution in [0.1, 0.15) is 37.0 Å². The Kier molecular flexibility index (Phi) is 6.72. The zero-order valence-electron chi connectivity index (χ0n) is 17.6. The van der Waals surface area contributed by atoms with Crippen molar-refractivity contribution in [2.24, 2.45) is 5.92 Å². The van der Waals surface area contributed by atoms with E-state index in [1.165, 1.54) is 11.0 Å². The van der Waals surface area contributed by atoms with Crippen molar-refractivity contribution in [1.29, 1.82) is 0 Å². The predicted octanol–water partition coefficient (Wildman–Crippen LogP) is 2.92. The Morgan fingerprint density at radius 2 is 1.97 bits per heavy atom. The lowest BCUT2D eigenvalue weighted by atomic mass is 9.92. The molecule has 2 heterocycles. The fraction of sp³-hybridized carbons (Fsp3) is 0.450. The summed E-state index contributed by atoms with van der Waals surface area (Å²) in [5.41, 5.74) is -0.725. The van der Waals surface area contributed by atoms with Crippen LogP contribution in [0, 0.1) is 17.6 Å². The molecule has 1 fully saturated rings. The van der Waals surface area contributed by atoms with E-state index in [-0.39, 0.29) is 35.1 Å². The molecular weight excluding hydrogens is 446 g/mol. The number of piperidine rings is 1. The molecule has 2 amide bonds. The number of carboxylic acids is 1. The number of hydrogen-bond donors (Lipinski definition) is 2. The van der Waals surface area contributed by atoms with E-state index in [2.05, 4.69) is 15.5 Å². The van der Waals surface area contributed by atoms with E-state index in [0.29, 0.717) is 6.07 Å². The fourth-order valence-electron chi connectivity index (χ4n) is 3.18. The first-order chi connectivity index (χ1) is 14.9. The minimum Gasteiger partial charge on any atom is -0.481 e. The highest BCUT2D eigenvalue weighted by atomic mass is 32.1. The average Bonchev–Trinajstić information content (AvgIpc) is 3.16. The summed E-state index contributed by atoms with van der Waals surface area (Å²) in [7, 11) is 0. The van der Waals surface area contributed by atoms with Gasteiger partial charge in [0.15, 0.2) is 5.01 Å². The number of ether oxygens (including phenoxy) is 1. The smallest absolute Gasteiger partial charge is 0.410 e. The minimum absolute atomic E-state index is 0.00275. The van der Waals surface area contributed by atoms with E-state index in [1.807, 2.05) is 0 Å². The molecule has 1 aromatic heterocycles. The maximum atomic E-state index is 14.0. The van der Waals surface area contributed by atoms with Crippen molar-refractivity contribution >= 4 is 29.3 Å². The standard InChI is InChI=1S/C20H22F2N4O5S/c1-20(2,3)31-19(30)26-7-6-14(12(9-26)18(28)29)23-15(27)17-25-24-16(32-17)11-5-4-10(21)8-13(11)22/h4-5,8,12,14H,6-7,9H2,1-3H3,(H,23,27)(H,28,29)/t12-,14-/m0/s1. The molecule has 0 spiro atoms. The van der Waals surface area contributed by atoms with Crippen molar-refractivity contribution in [3.8, 4) is 10.6 Å². The molecule has 32 heavy (non-hydrogen) atoms. The molecule has 1 saturated heterocycles. The molecule has 0 radical (unpaired) electrons. The number of aliphatic carboxylic acids is 1. The normalized spacial score (nSPS) is 18.8. The van der Waals surface area contributed by atoms with E-state index in [4.69, 9.17) is 4.74 Å². The van der Waals surface area contributed by atoms with Crippen molar-refractivity contribution < 1.29 is 33.0 Å². The summed E-state index contributed by atoms with van der Waals surface area (Å²) in [5, 5.41) is 19.7. The van der Waals surface area contributed by atoms with E-state index in [1.54, 1.807) is 20.8 Å². The highest BCUT2D eigenvalue weighted by Gasteiger charge is 2.38. The molecule has 1 aliphatic heterocycles. The molecule has 0 saturated carbocycles. The Morgan fingerprint density at radius 3 is 2.59 bits per heavy atom. The van der Waals surface area contributed by atoms with Gasteiger partial charge in [-0.1, -0.05) is 11.3 Å². The molecule has 9 nitrogen and oxygen atoms in total. The number of halogens is 2. The van der Waals surface area contributed by atoms with E-state index < -0.39 is 47.2 Å². The summed E-state index contributed by atoms with van der Waals surface area (Å²) >= 11 is 0.795. The highest BCUT2D eigenvalue weighted by molar-refractivity contribution is 7.16. The number of likely N-dealkylation sites (tertiary alicyclic amines) is 1. The Morgan fingerprint density at radius 1 is 1.25 bits per heavy atom. The Labute approximate surface area is 186 Å². The van der Waals surface area contributed by atoms with Gasteiger partial charge in [0.2, 0.25) is 5.01 Å². The van der Waals surface area contributed by atoms with Crippen LogP contribution in [-0.2, 0) is 9.53 Å². The number of amides is 2. The van der Waals surface area contributed by atoms with Gasteiger partial charge in [0.25, 0.3) is 5.91 Å². The molecule has 0 unspecified atom stereocenters. The van der Waals surface area contributed by atoms with Gasteiger partial charge >= 0.3 is 12.1 Å². The molecule has 2 atom stereocenters. The van der Waals surface area contributed by atoms with Crippen molar-refractivity contribution in [1.82, 2.24) is 20.4 Å². The van der Waals surface area contributed by atoms with Crippen LogP contribution in [0.2, 0.25) is 0 Å². The number of nitrogens with zero attached hydrogens (tertiary/aromatic N) is 3. The lowest BCUT2D eigenvalue weighted by Gasteiger charge is -2.37. The van der Waals surface area contributed by atoms with Crippen LogP contribution in [0.15, 0.2) is 18.2 Å². The van der Waals surface area contributed by atoms with Crippen LogP contribution >= 0.6 is 11.3 Å². The van der Waals surface area contributed by atoms with Crippen LogP contribution in [0.3, 0.4) is 0 Å². The zero-order chi connectivity index (χ0) is 23.6. The average molecular weight is 468 g/mol. The number of hydrogen-bond acceptors (Lipinski definition) is 7. The molecule has 1 aromatic carbocycles. The Hall–Kier alpha value is -3.15. The lowest BCUT2D eigenvalue weighted by molar-refractivity contribution is -0.144. The third kappa shape index (κ3) is 5.55. The van der Waals surface area contributed by atoms with Gasteiger partial charge in [-0.05, 0) is 39.3 Å². The third-order valence-electron chi connectivity index (χ3n) is 4.68. The first-order valence-electron chi connectivity index (χ1n) is 9.75. The maximum absolute atomic E-state index is 14.0. The molecule has 3 rings (SSSR count). The second-order valence-corrected chi connectivity index (χ2v) is 9.25. The first kappa shape index (κ1) is 23.5. The molecule has 12 heteroatoms. The molecule has 1 aliphatic rings. The Balaban J connectivity index is 1.69. The van der Waals surface area contributed by atoms with Gasteiger partial charge in [0.1, 0.15) is 17.2 Å². The van der Waals surface area contributed by atoms with Crippen LogP contribution in [0.5, 0.6) is 0 Å². The van der Waals surface area contributed by atoms with Crippen molar-refractivity contribution in [3.05, 3.63) is 34.8 Å². The van der Waals surface area contributed by atoms with E-state index >= 15 is 0 Å². The molecule has 2 aromatic rings. The largest absolute Gasteiger partial charge is 0.481 e. The van der Waals surface area contributed by atoms with Gasteiger partial charge < -0.3 is 20.1 Å². The highest BCUT2D eigenvalue weighted by Crippen LogP contribution is 2.27. The number of aromatic nitrogens is 2. The van der Waals surface area contributed by atoms with Crippen LogP contribution in [-0.4, -0.2) is 62.9 Å². The topological polar surface area (TPSA) is 122 Å². The number of benzene rings is 1. The monoisotopic (exact) mass is 468 g/mol. The number of carbonyl (C=O) groups is 3. The summed E-state index contributed by atoms with van der Waals surface area (Å²) in [4.78, 5) is 37.9. The molecule has 0 bridgehead atoms. The van der Waals surface area contributed by atoms with Gasteiger partial charge in [-0.25, -0.2) is 13.6 Å². The van der Waals surface area contributed by atoms with Crippen LogP contribution < -0.4 is 5.32 Å². The summed E-state index contributed by atoms with van der Waals surface area (Å²) in [6.45, 7) is 5.20. The molecular formula is C20H22F2N4O5S. The fourth-order valence-corrected chi connectivity index (χ4v) is 3.96. The number of rotatable bonds is 4. The molecule has 0 aliphatic carbocycles. The molecule has 172 valence electrons. The van der Waals surface area contributed by atoms with Crippen LogP contribution in [0.25, 0.3) is 10.6 Å². The first-order valence-corrected chi connectivity index (χ1v) is 10.6. The summed E-state index contributed by atoms with van der Waals surface area (Å²) < 4.78 is 32.3. The summed E-state index contributed by atoms with van der Waals surface area (Å²) in [6.07, 6.45) is -0.427. The van der Waals surface area contributed by atoms with Gasteiger partial charge in [0, 0.05) is 30.8 Å². The van der Waals surface area contributed by atoms with Crippen molar-refractivity contribution in [2.75, 3.05) is 13.1 Å². The lowest BCUT2D eigenvalue weighted by Crippen LogP contribution is -2.55. The van der Waals surface area contributed by atoms with Gasteiger partial charge in [-0.3, -0.25) is 9.59 Å². The zero-order valence-corrected chi connectivity index (χ0v) is 18.4. The number of carboxylic acid groups (broad SMARTS) is 1.